The minimum Gasteiger partial charge on any atom is -0.492 e. The van der Waals surface area contributed by atoms with Crippen LogP contribution >= 0.6 is 27.3 Å². The van der Waals surface area contributed by atoms with E-state index >= 15 is 0 Å². The van der Waals surface area contributed by atoms with Gasteiger partial charge in [-0.3, -0.25) is 0 Å². The molecular weight excluding hydrogens is 354 g/mol. The molecule has 2 aromatic rings. The Hall–Kier alpha value is -1.40. The van der Waals surface area contributed by atoms with Crippen LogP contribution in [0.3, 0.4) is 0 Å². The first-order chi connectivity index (χ1) is 10.0. The standard InChI is InChI=1S/C15H16BrNO3S/c1-3-4-7-20-12-6-5-10(8-11(12)16)14-17-9(2)13(21-14)15(18)19/h5-6,8H,3-4,7H2,1-2H3,(H,18,19). The molecule has 0 aliphatic rings. The summed E-state index contributed by atoms with van der Waals surface area (Å²) in [5, 5.41) is 9.79. The third kappa shape index (κ3) is 3.83. The van der Waals surface area contributed by atoms with Crippen molar-refractivity contribution in [3.8, 4) is 16.3 Å². The summed E-state index contributed by atoms with van der Waals surface area (Å²) in [7, 11) is 0. The fourth-order valence-corrected chi connectivity index (χ4v) is 3.19. The average molecular weight is 370 g/mol. The Labute approximate surface area is 135 Å². The molecule has 1 aromatic carbocycles. The number of nitrogens with zero attached hydrogens (tertiary/aromatic N) is 1. The molecule has 21 heavy (non-hydrogen) atoms. The minimum atomic E-state index is -0.935. The van der Waals surface area contributed by atoms with Gasteiger partial charge in [0.25, 0.3) is 0 Å². The summed E-state index contributed by atoms with van der Waals surface area (Å²) < 4.78 is 6.53. The van der Waals surface area contributed by atoms with E-state index in [0.29, 0.717) is 17.3 Å². The molecule has 4 nitrogen and oxygen atoms in total. The monoisotopic (exact) mass is 369 g/mol. The molecule has 1 aromatic heterocycles. The lowest BCUT2D eigenvalue weighted by Crippen LogP contribution is -1.97. The normalized spacial score (nSPS) is 10.6. The molecule has 112 valence electrons. The molecule has 6 heteroatoms. The van der Waals surface area contributed by atoms with Crippen LogP contribution in [0.2, 0.25) is 0 Å². The van der Waals surface area contributed by atoms with E-state index in [2.05, 4.69) is 27.8 Å². The van der Waals surface area contributed by atoms with Crippen LogP contribution in [-0.2, 0) is 0 Å². The molecule has 0 saturated heterocycles. The van der Waals surface area contributed by atoms with E-state index < -0.39 is 5.97 Å². The third-order valence-corrected chi connectivity index (χ3v) is 4.74. The molecule has 0 unspecified atom stereocenters. The number of aryl methyl sites for hydroxylation is 1. The molecule has 1 N–H and O–H groups in total. The molecular formula is C15H16BrNO3S. The fourth-order valence-electron chi connectivity index (χ4n) is 1.80. The molecule has 0 bridgehead atoms. The molecule has 0 atom stereocenters. The van der Waals surface area contributed by atoms with Gasteiger partial charge in [-0.05, 0) is 47.5 Å². The number of aromatic carboxylic acids is 1. The molecule has 0 saturated carbocycles. The number of carboxylic acid groups (broad SMARTS) is 1. The number of hydrogen-bond donors (Lipinski definition) is 1. The van der Waals surface area contributed by atoms with Crippen LogP contribution in [0.1, 0.15) is 35.1 Å². The van der Waals surface area contributed by atoms with Gasteiger partial charge < -0.3 is 9.84 Å². The maximum atomic E-state index is 11.1. The van der Waals surface area contributed by atoms with Crippen molar-refractivity contribution in [1.82, 2.24) is 4.98 Å². The summed E-state index contributed by atoms with van der Waals surface area (Å²) >= 11 is 4.67. The first-order valence-electron chi connectivity index (χ1n) is 6.66. The van der Waals surface area contributed by atoms with E-state index in [1.54, 1.807) is 6.92 Å². The van der Waals surface area contributed by atoms with Crippen LogP contribution < -0.4 is 4.74 Å². The van der Waals surface area contributed by atoms with Crippen LogP contribution in [0.4, 0.5) is 0 Å². The van der Waals surface area contributed by atoms with Crippen LogP contribution in [0, 0.1) is 6.92 Å². The zero-order chi connectivity index (χ0) is 15.4. The lowest BCUT2D eigenvalue weighted by molar-refractivity contribution is 0.0701. The van der Waals surface area contributed by atoms with Gasteiger partial charge >= 0.3 is 5.97 Å². The van der Waals surface area contributed by atoms with Crippen molar-refractivity contribution in [3.63, 3.8) is 0 Å². The van der Waals surface area contributed by atoms with Gasteiger partial charge in [0.1, 0.15) is 15.6 Å². The van der Waals surface area contributed by atoms with Gasteiger partial charge in [-0.2, -0.15) is 0 Å². The molecule has 0 amide bonds. The van der Waals surface area contributed by atoms with Crippen molar-refractivity contribution < 1.29 is 14.6 Å². The number of ether oxygens (including phenoxy) is 1. The predicted molar refractivity (Wildman–Crippen MR) is 87.3 cm³/mol. The zero-order valence-electron chi connectivity index (χ0n) is 11.9. The topological polar surface area (TPSA) is 59.4 Å². The van der Waals surface area contributed by atoms with Gasteiger partial charge in [0.15, 0.2) is 0 Å². The Morgan fingerprint density at radius 3 is 2.81 bits per heavy atom. The second-order valence-electron chi connectivity index (χ2n) is 4.59. The van der Waals surface area contributed by atoms with Crippen molar-refractivity contribution in [2.75, 3.05) is 6.61 Å². The lowest BCUT2D eigenvalue weighted by Gasteiger charge is -2.08. The third-order valence-electron chi connectivity index (χ3n) is 2.93. The van der Waals surface area contributed by atoms with Crippen LogP contribution in [0.15, 0.2) is 22.7 Å². The van der Waals surface area contributed by atoms with Crippen molar-refractivity contribution in [2.24, 2.45) is 0 Å². The number of thiazole rings is 1. The second-order valence-corrected chi connectivity index (χ2v) is 6.44. The lowest BCUT2D eigenvalue weighted by atomic mass is 10.2. The number of aromatic nitrogens is 1. The highest BCUT2D eigenvalue weighted by Gasteiger charge is 2.15. The van der Waals surface area contributed by atoms with E-state index in [0.717, 1.165) is 28.6 Å². The maximum Gasteiger partial charge on any atom is 0.347 e. The van der Waals surface area contributed by atoms with Gasteiger partial charge in [0, 0.05) is 5.56 Å². The Morgan fingerprint density at radius 2 is 2.24 bits per heavy atom. The number of hydrogen-bond acceptors (Lipinski definition) is 4. The summed E-state index contributed by atoms with van der Waals surface area (Å²) in [6, 6.07) is 5.69. The fraction of sp³-hybridized carbons (Fsp3) is 0.333. The molecule has 1 heterocycles. The number of halogens is 1. The van der Waals surface area contributed by atoms with Gasteiger partial charge in [-0.1, -0.05) is 13.3 Å². The van der Waals surface area contributed by atoms with Crippen molar-refractivity contribution in [1.29, 1.82) is 0 Å². The Kier molecular flexibility index (Phi) is 5.36. The predicted octanol–water partition coefficient (Wildman–Crippen LogP) is 4.76. The van der Waals surface area contributed by atoms with E-state index in [4.69, 9.17) is 9.84 Å². The largest absolute Gasteiger partial charge is 0.492 e. The van der Waals surface area contributed by atoms with Crippen molar-refractivity contribution >= 4 is 33.2 Å². The molecule has 2 rings (SSSR count). The molecule has 0 aliphatic heterocycles. The number of carbonyl (C=O) groups is 1. The molecule has 0 aliphatic carbocycles. The summed E-state index contributed by atoms with van der Waals surface area (Å²) in [4.78, 5) is 15.7. The number of carboxylic acids is 1. The van der Waals surface area contributed by atoms with E-state index in [-0.39, 0.29) is 4.88 Å². The highest BCUT2D eigenvalue weighted by atomic mass is 79.9. The van der Waals surface area contributed by atoms with Gasteiger partial charge in [0.05, 0.1) is 16.8 Å². The van der Waals surface area contributed by atoms with E-state index in [9.17, 15) is 4.79 Å². The van der Waals surface area contributed by atoms with Crippen LogP contribution in [-0.4, -0.2) is 22.7 Å². The first kappa shape index (κ1) is 16.0. The molecule has 0 radical (unpaired) electrons. The number of unbranched alkanes of at least 4 members (excludes halogenated alkanes) is 1. The summed E-state index contributed by atoms with van der Waals surface area (Å²) in [6.07, 6.45) is 2.11. The SMILES string of the molecule is CCCCOc1ccc(-c2nc(C)c(C(=O)O)s2)cc1Br. The quantitative estimate of drug-likeness (QED) is 0.745. The Morgan fingerprint density at radius 1 is 1.48 bits per heavy atom. The van der Waals surface area contributed by atoms with E-state index in [1.165, 1.54) is 11.3 Å². The Balaban J connectivity index is 2.23. The average Bonchev–Trinajstić information content (AvgIpc) is 2.83. The first-order valence-corrected chi connectivity index (χ1v) is 8.27. The highest BCUT2D eigenvalue weighted by Crippen LogP contribution is 2.33. The van der Waals surface area contributed by atoms with E-state index in [1.807, 2.05) is 18.2 Å². The molecule has 0 spiro atoms. The van der Waals surface area contributed by atoms with Crippen LogP contribution in [0.25, 0.3) is 10.6 Å². The summed E-state index contributed by atoms with van der Waals surface area (Å²) in [5.41, 5.74) is 1.42. The second kappa shape index (κ2) is 7.04. The Bertz CT molecular complexity index is 654. The smallest absolute Gasteiger partial charge is 0.347 e. The van der Waals surface area contributed by atoms with Crippen LogP contribution in [0.5, 0.6) is 5.75 Å². The van der Waals surface area contributed by atoms with Gasteiger partial charge in [0.2, 0.25) is 0 Å². The van der Waals surface area contributed by atoms with Gasteiger partial charge in [-0.15, -0.1) is 11.3 Å². The highest BCUT2D eigenvalue weighted by molar-refractivity contribution is 9.10. The maximum absolute atomic E-state index is 11.1. The van der Waals surface area contributed by atoms with Crippen molar-refractivity contribution in [2.45, 2.75) is 26.7 Å². The van der Waals surface area contributed by atoms with Gasteiger partial charge in [-0.25, -0.2) is 9.78 Å². The minimum absolute atomic E-state index is 0.282. The summed E-state index contributed by atoms with van der Waals surface area (Å²) in [6.45, 7) is 4.51. The number of rotatable bonds is 6. The summed E-state index contributed by atoms with van der Waals surface area (Å²) in [5.74, 6) is -0.145. The van der Waals surface area contributed by atoms with Crippen molar-refractivity contribution in [3.05, 3.63) is 33.2 Å². The number of benzene rings is 1. The molecule has 0 fully saturated rings. The zero-order valence-corrected chi connectivity index (χ0v) is 14.3.